The Kier molecular flexibility index (Phi) is 7.14. The van der Waals surface area contributed by atoms with Crippen molar-refractivity contribution < 1.29 is 47.0 Å². The van der Waals surface area contributed by atoms with Gasteiger partial charge in [0.2, 0.25) is 5.95 Å². The summed E-state index contributed by atoms with van der Waals surface area (Å²) in [4.78, 5) is 44.4. The summed E-state index contributed by atoms with van der Waals surface area (Å²) >= 11 is 0. The molecule has 19 nitrogen and oxygen atoms in total. The topological polar surface area (TPSA) is 274 Å². The van der Waals surface area contributed by atoms with E-state index in [1.54, 1.807) is 0 Å². The normalized spacial score (nSPS) is 31.3. The van der Waals surface area contributed by atoms with E-state index in [0.717, 1.165) is 17.2 Å². The van der Waals surface area contributed by atoms with Gasteiger partial charge in [0.15, 0.2) is 47.4 Å². The van der Waals surface area contributed by atoms with Crippen molar-refractivity contribution in [3.8, 4) is 0 Å². The third kappa shape index (κ3) is 4.78. The van der Waals surface area contributed by atoms with Crippen molar-refractivity contribution in [1.29, 1.82) is 0 Å². The SMILES string of the molecule is Nc1nc2c(ncn2[C@@H]2O[C@H](CO)C(F)C2OP(=O)(O)OC[C@H]2O[C@@H](n3cnc4c(N)ncnc43)C(F)C2O)c(=O)[nH]1. The number of nitrogens with two attached hydrogens (primary N) is 2. The Labute approximate surface area is 231 Å². The number of anilines is 2. The minimum atomic E-state index is -5.18. The summed E-state index contributed by atoms with van der Waals surface area (Å²) in [6, 6.07) is 0. The molecule has 2 aliphatic heterocycles. The predicted molar refractivity (Wildman–Crippen MR) is 134 cm³/mol. The van der Waals surface area contributed by atoms with Crippen molar-refractivity contribution in [2.24, 2.45) is 0 Å². The summed E-state index contributed by atoms with van der Waals surface area (Å²) in [5.74, 6) is -0.264. The van der Waals surface area contributed by atoms with E-state index in [-0.39, 0.29) is 34.1 Å². The Bertz CT molecular complexity index is 1740. The zero-order valence-electron chi connectivity index (χ0n) is 21.0. The molecule has 0 aliphatic carbocycles. The highest BCUT2D eigenvalue weighted by Crippen LogP contribution is 2.50. The summed E-state index contributed by atoms with van der Waals surface area (Å²) < 4.78 is 66.4. The first-order valence-electron chi connectivity index (χ1n) is 12.2. The minimum absolute atomic E-state index is 0.0319. The number of aliphatic hydroxyl groups excluding tert-OH is 2. The van der Waals surface area contributed by atoms with Gasteiger partial charge in [-0.05, 0) is 0 Å². The van der Waals surface area contributed by atoms with Crippen molar-refractivity contribution in [2.45, 2.75) is 49.2 Å². The number of aromatic amines is 1. The van der Waals surface area contributed by atoms with Gasteiger partial charge in [0.05, 0.1) is 25.9 Å². The smallest absolute Gasteiger partial charge is 0.394 e. The molecule has 4 aromatic rings. The highest BCUT2D eigenvalue weighted by atomic mass is 31.2. The molecular formula is C20H23F2N10O9P. The highest BCUT2D eigenvalue weighted by Gasteiger charge is 2.51. The van der Waals surface area contributed by atoms with Crippen LogP contribution in [0, 0.1) is 0 Å². The molecule has 5 unspecified atom stereocenters. The highest BCUT2D eigenvalue weighted by molar-refractivity contribution is 7.47. The second kappa shape index (κ2) is 10.5. The van der Waals surface area contributed by atoms with E-state index >= 15 is 8.78 Å². The lowest BCUT2D eigenvalue weighted by Gasteiger charge is -2.24. The Morgan fingerprint density at radius 2 is 1.71 bits per heavy atom. The van der Waals surface area contributed by atoms with Gasteiger partial charge in [-0.25, -0.2) is 33.3 Å². The fraction of sp³-hybridized carbons (Fsp3) is 0.500. The molecule has 22 heteroatoms. The van der Waals surface area contributed by atoms with Crippen LogP contribution in [0.4, 0.5) is 20.5 Å². The van der Waals surface area contributed by atoms with E-state index in [1.165, 1.54) is 10.9 Å². The number of alkyl halides is 2. The van der Waals surface area contributed by atoms with Gasteiger partial charge < -0.3 is 36.0 Å². The van der Waals surface area contributed by atoms with Crippen LogP contribution in [0.15, 0.2) is 23.8 Å². The van der Waals surface area contributed by atoms with Crippen LogP contribution in [0.2, 0.25) is 0 Å². The van der Waals surface area contributed by atoms with Crippen LogP contribution >= 0.6 is 7.82 Å². The van der Waals surface area contributed by atoms with Crippen molar-refractivity contribution in [3.63, 3.8) is 0 Å². The zero-order valence-corrected chi connectivity index (χ0v) is 21.9. The van der Waals surface area contributed by atoms with Crippen LogP contribution in [0.5, 0.6) is 0 Å². The number of hydrogen-bond acceptors (Lipinski definition) is 15. The number of rotatable bonds is 8. The van der Waals surface area contributed by atoms with E-state index in [2.05, 4.69) is 29.9 Å². The number of aromatic nitrogens is 8. The second-order valence-corrected chi connectivity index (χ2v) is 10.8. The Hall–Kier alpha value is -3.69. The van der Waals surface area contributed by atoms with Crippen LogP contribution in [0.1, 0.15) is 12.5 Å². The number of phosphoric ester groups is 1. The fourth-order valence-corrected chi connectivity index (χ4v) is 5.71. The maximum absolute atomic E-state index is 15.2. The number of phosphoric acid groups is 1. The third-order valence-electron chi connectivity index (χ3n) is 6.78. The van der Waals surface area contributed by atoms with Crippen molar-refractivity contribution in [2.75, 3.05) is 24.7 Å². The maximum atomic E-state index is 15.2. The van der Waals surface area contributed by atoms with Gasteiger partial charge in [0.25, 0.3) is 5.56 Å². The van der Waals surface area contributed by atoms with Gasteiger partial charge in [0.1, 0.15) is 36.3 Å². The largest absolute Gasteiger partial charge is 0.472 e. The monoisotopic (exact) mass is 616 g/mol. The molecule has 0 spiro atoms. The molecular weight excluding hydrogens is 593 g/mol. The molecule has 0 radical (unpaired) electrons. The Morgan fingerprint density at radius 3 is 2.45 bits per heavy atom. The number of ether oxygens (including phenoxy) is 2. The number of nitrogen functional groups attached to an aromatic ring is 2. The molecule has 2 aliphatic rings. The molecule has 9 atom stereocenters. The molecule has 2 saturated heterocycles. The van der Waals surface area contributed by atoms with E-state index in [0.29, 0.717) is 0 Å². The molecule has 0 amide bonds. The number of aliphatic hydroxyl groups is 2. The van der Waals surface area contributed by atoms with Crippen LogP contribution in [-0.4, -0.2) is 104 Å². The summed E-state index contributed by atoms with van der Waals surface area (Å²) in [5.41, 5.74) is 10.6. The lowest BCUT2D eigenvalue weighted by atomic mass is 10.1. The van der Waals surface area contributed by atoms with Crippen LogP contribution in [-0.2, 0) is 23.1 Å². The molecule has 2 fully saturated rings. The van der Waals surface area contributed by atoms with Gasteiger partial charge in [-0.3, -0.25) is 28.0 Å². The lowest BCUT2D eigenvalue weighted by molar-refractivity contribution is -0.0600. The summed E-state index contributed by atoms with van der Waals surface area (Å²) in [5, 5.41) is 20.0. The summed E-state index contributed by atoms with van der Waals surface area (Å²) in [7, 11) is -5.18. The van der Waals surface area contributed by atoms with Crippen molar-refractivity contribution in [1.82, 2.24) is 39.0 Å². The summed E-state index contributed by atoms with van der Waals surface area (Å²) in [6.07, 6.45) is -10.6. The van der Waals surface area contributed by atoms with Gasteiger partial charge in [-0.15, -0.1) is 0 Å². The standard InChI is InChI=1S/C20H23F2N10O9P/c21-8-6(1-33)39-19(32-5-28-11-16(32)29-20(24)30-17(11)35)13(8)41-42(36,37)38-2-7-12(34)9(22)18(40-7)31-4-27-10-14(23)25-3-26-15(10)31/h3-9,12-13,18-19,33-34H,1-2H2,(H,36,37)(H2,23,25,26)(H3,24,29,30,35)/t6-,7-,8?,9?,12?,13?,18-,19-/m1/s1. The van der Waals surface area contributed by atoms with Crippen molar-refractivity contribution in [3.05, 3.63) is 29.3 Å². The van der Waals surface area contributed by atoms with E-state index in [1.807, 2.05) is 0 Å². The number of fused-ring (bicyclic) bond motifs is 2. The quantitative estimate of drug-likeness (QED) is 0.122. The van der Waals surface area contributed by atoms with Gasteiger partial charge in [0, 0.05) is 0 Å². The average Bonchev–Trinajstić information content (AvgIpc) is 3.69. The maximum Gasteiger partial charge on any atom is 0.472 e. The van der Waals surface area contributed by atoms with Gasteiger partial charge in [-0.1, -0.05) is 0 Å². The number of halogens is 2. The fourth-order valence-electron chi connectivity index (χ4n) is 4.78. The molecule has 0 saturated carbocycles. The number of H-pyrrole nitrogens is 1. The minimum Gasteiger partial charge on any atom is -0.394 e. The second-order valence-electron chi connectivity index (χ2n) is 9.38. The number of nitrogens with zero attached hydrogens (tertiary/aromatic N) is 7. The number of imidazole rings is 2. The average molecular weight is 616 g/mol. The zero-order chi connectivity index (χ0) is 29.9. The Morgan fingerprint density at radius 1 is 1.02 bits per heavy atom. The van der Waals surface area contributed by atoms with E-state index in [4.69, 9.17) is 30.0 Å². The first-order chi connectivity index (χ1) is 20.0. The first-order valence-corrected chi connectivity index (χ1v) is 13.7. The molecule has 8 N–H and O–H groups in total. The van der Waals surface area contributed by atoms with Crippen LogP contribution < -0.4 is 17.0 Å². The molecule has 6 rings (SSSR count). The molecule has 0 aromatic carbocycles. The molecule has 6 heterocycles. The Balaban J connectivity index is 1.19. The first kappa shape index (κ1) is 28.4. The number of hydrogen-bond donors (Lipinski definition) is 6. The summed E-state index contributed by atoms with van der Waals surface area (Å²) in [6.45, 7) is -1.70. The molecule has 226 valence electrons. The van der Waals surface area contributed by atoms with Gasteiger partial charge >= 0.3 is 7.82 Å². The lowest BCUT2D eigenvalue weighted by Crippen LogP contribution is -2.33. The van der Waals surface area contributed by atoms with Crippen LogP contribution in [0.25, 0.3) is 22.3 Å². The van der Waals surface area contributed by atoms with E-state index < -0.39 is 75.8 Å². The number of nitrogens with one attached hydrogen (secondary N) is 1. The van der Waals surface area contributed by atoms with Crippen molar-refractivity contribution >= 4 is 41.9 Å². The van der Waals surface area contributed by atoms with Crippen LogP contribution in [0.3, 0.4) is 0 Å². The molecule has 42 heavy (non-hydrogen) atoms. The van der Waals surface area contributed by atoms with Gasteiger partial charge in [-0.2, -0.15) is 4.98 Å². The predicted octanol–water partition coefficient (Wildman–Crippen LogP) is -1.55. The third-order valence-corrected chi connectivity index (χ3v) is 7.77. The molecule has 0 bridgehead atoms. The molecule has 4 aromatic heterocycles. The van der Waals surface area contributed by atoms with E-state index in [9.17, 15) is 24.5 Å².